The molecule has 0 spiro atoms. The number of rotatable bonds is 0. The minimum absolute atomic E-state index is 0.962. The van der Waals surface area contributed by atoms with Crippen LogP contribution in [0, 0.1) is 13.8 Å². The Hall–Kier alpha value is -0.800. The van der Waals surface area contributed by atoms with Crippen molar-refractivity contribution < 1.29 is 4.42 Å². The maximum Gasteiger partial charge on any atom is 0.139 e. The van der Waals surface area contributed by atoms with Crippen LogP contribution in [0.4, 0.5) is 0 Å². The molecule has 3 rings (SSSR count). The predicted octanol–water partition coefficient (Wildman–Crippen LogP) is 5.73. The maximum absolute atomic E-state index is 6.02. The standard InChI is InChI=1S/C14H10Br2O/c1-7-3-5-9(15)11-12-10(16)6-4-8(2)14(12)17-13(7)11/h3-6H,1-2H3. The zero-order chi connectivity index (χ0) is 12.2. The summed E-state index contributed by atoms with van der Waals surface area (Å²) in [7, 11) is 0. The molecule has 0 atom stereocenters. The highest BCUT2D eigenvalue weighted by Crippen LogP contribution is 2.40. The van der Waals surface area contributed by atoms with Crippen LogP contribution in [0.3, 0.4) is 0 Å². The van der Waals surface area contributed by atoms with E-state index in [4.69, 9.17) is 4.42 Å². The number of furan rings is 1. The van der Waals surface area contributed by atoms with Crippen molar-refractivity contribution in [2.45, 2.75) is 13.8 Å². The monoisotopic (exact) mass is 352 g/mol. The average molecular weight is 354 g/mol. The van der Waals surface area contributed by atoms with E-state index >= 15 is 0 Å². The first-order valence-corrected chi connectivity index (χ1v) is 6.94. The molecule has 2 aromatic carbocycles. The van der Waals surface area contributed by atoms with Gasteiger partial charge in [-0.2, -0.15) is 0 Å². The third kappa shape index (κ3) is 1.56. The van der Waals surface area contributed by atoms with Crippen LogP contribution in [-0.4, -0.2) is 0 Å². The van der Waals surface area contributed by atoms with Crippen LogP contribution in [0.15, 0.2) is 37.6 Å². The third-order valence-corrected chi connectivity index (χ3v) is 4.38. The number of hydrogen-bond acceptors (Lipinski definition) is 1. The van der Waals surface area contributed by atoms with Crippen molar-refractivity contribution in [2.24, 2.45) is 0 Å². The number of benzene rings is 2. The van der Waals surface area contributed by atoms with Gasteiger partial charge in [-0.05, 0) is 37.1 Å². The lowest BCUT2D eigenvalue weighted by Gasteiger charge is -1.99. The van der Waals surface area contributed by atoms with Crippen LogP contribution in [-0.2, 0) is 0 Å². The molecule has 0 aliphatic carbocycles. The molecule has 3 aromatic rings. The minimum Gasteiger partial charge on any atom is -0.455 e. The summed E-state index contributed by atoms with van der Waals surface area (Å²) in [6, 6.07) is 8.28. The van der Waals surface area contributed by atoms with Crippen LogP contribution in [0.25, 0.3) is 21.9 Å². The summed E-state index contributed by atoms with van der Waals surface area (Å²) in [5, 5.41) is 2.30. The van der Waals surface area contributed by atoms with Gasteiger partial charge in [0.05, 0.1) is 0 Å². The Balaban J connectivity index is 2.69. The second-order valence-corrected chi connectivity index (χ2v) is 5.95. The van der Waals surface area contributed by atoms with Gasteiger partial charge in [-0.15, -0.1) is 0 Å². The fourth-order valence-corrected chi connectivity index (χ4v) is 3.18. The predicted molar refractivity (Wildman–Crippen MR) is 78.6 cm³/mol. The van der Waals surface area contributed by atoms with Crippen molar-refractivity contribution >= 4 is 53.8 Å². The Morgan fingerprint density at radius 2 is 1.18 bits per heavy atom. The van der Waals surface area contributed by atoms with Gasteiger partial charge in [0.1, 0.15) is 11.2 Å². The van der Waals surface area contributed by atoms with Gasteiger partial charge >= 0.3 is 0 Å². The van der Waals surface area contributed by atoms with Gasteiger partial charge in [-0.25, -0.2) is 0 Å². The van der Waals surface area contributed by atoms with Crippen molar-refractivity contribution in [1.29, 1.82) is 0 Å². The van der Waals surface area contributed by atoms with Gasteiger partial charge in [-0.1, -0.05) is 44.0 Å². The highest BCUT2D eigenvalue weighted by atomic mass is 79.9. The molecule has 86 valence electrons. The number of fused-ring (bicyclic) bond motifs is 3. The minimum atomic E-state index is 0.962. The van der Waals surface area contributed by atoms with Gasteiger partial charge in [0.15, 0.2) is 0 Å². The van der Waals surface area contributed by atoms with E-state index in [2.05, 4.69) is 70.0 Å². The van der Waals surface area contributed by atoms with Crippen LogP contribution in [0.1, 0.15) is 11.1 Å². The molecule has 0 aliphatic rings. The number of halogens is 2. The molecule has 0 amide bonds. The molecule has 0 saturated heterocycles. The Morgan fingerprint density at radius 3 is 1.59 bits per heavy atom. The molecule has 0 bridgehead atoms. The Kier molecular flexibility index (Phi) is 2.56. The molecular weight excluding hydrogens is 344 g/mol. The highest BCUT2D eigenvalue weighted by molar-refractivity contribution is 9.11. The van der Waals surface area contributed by atoms with Crippen LogP contribution >= 0.6 is 31.9 Å². The largest absolute Gasteiger partial charge is 0.455 e. The Bertz CT molecular complexity index is 679. The van der Waals surface area contributed by atoms with Crippen molar-refractivity contribution in [3.63, 3.8) is 0 Å². The summed E-state index contributed by atoms with van der Waals surface area (Å²) in [5.41, 5.74) is 4.24. The first kappa shape index (κ1) is 11.3. The normalized spacial score (nSPS) is 11.5. The first-order valence-electron chi connectivity index (χ1n) is 5.36. The van der Waals surface area contributed by atoms with E-state index in [9.17, 15) is 0 Å². The summed E-state index contributed by atoms with van der Waals surface area (Å²) < 4.78 is 8.16. The fourth-order valence-electron chi connectivity index (χ4n) is 2.16. The van der Waals surface area contributed by atoms with Gasteiger partial charge in [-0.3, -0.25) is 0 Å². The maximum atomic E-state index is 6.02. The number of aryl methyl sites for hydroxylation is 2. The number of hydrogen-bond donors (Lipinski definition) is 0. The average Bonchev–Trinajstić information content (AvgIpc) is 2.71. The van der Waals surface area contributed by atoms with E-state index in [0.717, 1.165) is 42.0 Å². The van der Waals surface area contributed by atoms with Crippen molar-refractivity contribution in [3.8, 4) is 0 Å². The molecule has 1 nitrogen and oxygen atoms in total. The fraction of sp³-hybridized carbons (Fsp3) is 0.143. The lowest BCUT2D eigenvalue weighted by atomic mass is 10.1. The van der Waals surface area contributed by atoms with E-state index in [1.165, 1.54) is 0 Å². The van der Waals surface area contributed by atoms with Crippen molar-refractivity contribution in [2.75, 3.05) is 0 Å². The topological polar surface area (TPSA) is 13.1 Å². The van der Waals surface area contributed by atoms with E-state index < -0.39 is 0 Å². The zero-order valence-electron chi connectivity index (χ0n) is 9.47. The molecule has 3 heteroatoms. The van der Waals surface area contributed by atoms with Crippen LogP contribution < -0.4 is 0 Å². The summed E-state index contributed by atoms with van der Waals surface area (Å²) in [6.45, 7) is 4.14. The molecule has 0 saturated carbocycles. The quantitative estimate of drug-likeness (QED) is 0.503. The summed E-state index contributed by atoms with van der Waals surface area (Å²) in [4.78, 5) is 0. The smallest absolute Gasteiger partial charge is 0.139 e. The van der Waals surface area contributed by atoms with Crippen LogP contribution in [0.5, 0.6) is 0 Å². The van der Waals surface area contributed by atoms with E-state index in [1.54, 1.807) is 0 Å². The highest BCUT2D eigenvalue weighted by Gasteiger charge is 2.15. The van der Waals surface area contributed by atoms with Gasteiger partial charge in [0.2, 0.25) is 0 Å². The molecule has 0 unspecified atom stereocenters. The molecule has 17 heavy (non-hydrogen) atoms. The zero-order valence-corrected chi connectivity index (χ0v) is 12.6. The Labute approximate surface area is 116 Å². The van der Waals surface area contributed by atoms with E-state index in [-0.39, 0.29) is 0 Å². The summed E-state index contributed by atoms with van der Waals surface area (Å²) in [5.74, 6) is 0. The molecule has 1 aromatic heterocycles. The SMILES string of the molecule is Cc1ccc(Br)c2c1oc1c(C)ccc(Br)c12. The lowest BCUT2D eigenvalue weighted by Crippen LogP contribution is -1.76. The van der Waals surface area contributed by atoms with Crippen molar-refractivity contribution in [3.05, 3.63) is 44.3 Å². The van der Waals surface area contributed by atoms with Gasteiger partial charge in [0, 0.05) is 19.7 Å². The second kappa shape index (κ2) is 3.85. The molecule has 0 N–H and O–H groups in total. The summed E-state index contributed by atoms with van der Waals surface area (Å²) in [6.07, 6.45) is 0. The summed E-state index contributed by atoms with van der Waals surface area (Å²) >= 11 is 7.22. The molecule has 0 fully saturated rings. The first-order chi connectivity index (χ1) is 8.09. The Morgan fingerprint density at radius 1 is 0.765 bits per heavy atom. The van der Waals surface area contributed by atoms with E-state index in [0.29, 0.717) is 0 Å². The molecule has 1 heterocycles. The second-order valence-electron chi connectivity index (χ2n) is 4.24. The van der Waals surface area contributed by atoms with E-state index in [1.807, 2.05) is 0 Å². The molecule has 0 aliphatic heterocycles. The third-order valence-electron chi connectivity index (χ3n) is 3.06. The van der Waals surface area contributed by atoms with Gasteiger partial charge in [0.25, 0.3) is 0 Å². The lowest BCUT2D eigenvalue weighted by molar-refractivity contribution is 0.662. The molecular formula is C14H10Br2O. The van der Waals surface area contributed by atoms with Gasteiger partial charge < -0.3 is 4.42 Å². The van der Waals surface area contributed by atoms with Crippen LogP contribution in [0.2, 0.25) is 0 Å². The molecule has 0 radical (unpaired) electrons. The van der Waals surface area contributed by atoms with Crippen molar-refractivity contribution in [1.82, 2.24) is 0 Å².